The molecule has 0 saturated carbocycles. The summed E-state index contributed by atoms with van der Waals surface area (Å²) < 4.78 is 47.6. The first-order chi connectivity index (χ1) is 21.8. The highest BCUT2D eigenvalue weighted by molar-refractivity contribution is 9.10. The number of fused-ring (bicyclic) bond motifs is 2. The largest absolute Gasteiger partial charge is 0.488 e. The van der Waals surface area contributed by atoms with Gasteiger partial charge < -0.3 is 14.2 Å². The van der Waals surface area contributed by atoms with Crippen molar-refractivity contribution in [2.24, 2.45) is 0 Å². The van der Waals surface area contributed by atoms with E-state index >= 15 is 4.39 Å². The standard InChI is InChI=1S/C33H46BrClF2N4O4Si/c1-19(2)46(20(3)4,21(5)6)13-9-24(38-23-8-12-43-16-23)17-44-30-25-29(28(37)26(34)27(30)35)39-32(40-31(25)42)45-18-33-10-7-11-41(33)15-22(36)14-33/h19-24,38H,7-8,10-12,14-18H2,1-6H3,(H,39,40,42)/t22-,23?,24?,33+/m1/s1. The Labute approximate surface area is 284 Å². The molecule has 0 bridgehead atoms. The summed E-state index contributed by atoms with van der Waals surface area (Å²) in [5, 5.41) is 3.39. The van der Waals surface area contributed by atoms with Crippen LogP contribution in [0.5, 0.6) is 11.8 Å². The molecule has 254 valence electrons. The predicted octanol–water partition coefficient (Wildman–Crippen LogP) is 6.78. The molecule has 3 aliphatic rings. The molecular weight excluding hydrogens is 698 g/mol. The van der Waals surface area contributed by atoms with Gasteiger partial charge in [-0.25, -0.2) is 8.78 Å². The maximum Gasteiger partial charge on any atom is 0.297 e. The van der Waals surface area contributed by atoms with Crippen LogP contribution in [0.3, 0.4) is 0 Å². The number of alkyl halides is 1. The van der Waals surface area contributed by atoms with Gasteiger partial charge in [-0.15, -0.1) is 5.54 Å². The van der Waals surface area contributed by atoms with Crippen LogP contribution < -0.4 is 20.3 Å². The molecule has 2 aromatic rings. The molecule has 46 heavy (non-hydrogen) atoms. The number of benzene rings is 1. The Kier molecular flexibility index (Phi) is 11.1. The Bertz CT molecular complexity index is 1520. The Morgan fingerprint density at radius 1 is 1.24 bits per heavy atom. The summed E-state index contributed by atoms with van der Waals surface area (Å²) in [6.45, 7) is 16.2. The van der Waals surface area contributed by atoms with Crippen LogP contribution in [-0.2, 0) is 4.74 Å². The lowest BCUT2D eigenvalue weighted by Crippen LogP contribution is -2.45. The van der Waals surface area contributed by atoms with Crippen molar-refractivity contribution < 1.29 is 23.0 Å². The van der Waals surface area contributed by atoms with Crippen LogP contribution in [0.2, 0.25) is 21.6 Å². The van der Waals surface area contributed by atoms with Gasteiger partial charge in [0.15, 0.2) is 11.6 Å². The summed E-state index contributed by atoms with van der Waals surface area (Å²) in [5.74, 6) is 2.74. The molecule has 3 fully saturated rings. The van der Waals surface area contributed by atoms with Crippen LogP contribution in [0, 0.1) is 17.3 Å². The van der Waals surface area contributed by atoms with E-state index in [2.05, 4.69) is 89.1 Å². The lowest BCUT2D eigenvalue weighted by atomic mass is 9.95. The maximum absolute atomic E-state index is 15.6. The molecule has 8 nitrogen and oxygen atoms in total. The molecule has 0 amide bonds. The highest BCUT2D eigenvalue weighted by atomic mass is 79.9. The molecule has 1 aromatic heterocycles. The highest BCUT2D eigenvalue weighted by Crippen LogP contribution is 2.43. The summed E-state index contributed by atoms with van der Waals surface area (Å²) in [7, 11) is -2.04. The van der Waals surface area contributed by atoms with Crippen LogP contribution in [0.4, 0.5) is 8.78 Å². The fourth-order valence-electron chi connectivity index (χ4n) is 7.98. The monoisotopic (exact) mass is 742 g/mol. The van der Waals surface area contributed by atoms with Gasteiger partial charge in [-0.2, -0.15) is 4.98 Å². The van der Waals surface area contributed by atoms with Crippen LogP contribution in [0.15, 0.2) is 9.27 Å². The number of hydrogen-bond acceptors (Lipinski definition) is 7. The molecule has 4 heterocycles. The highest BCUT2D eigenvalue weighted by Gasteiger charge is 2.49. The quantitative estimate of drug-likeness (QED) is 0.149. The van der Waals surface area contributed by atoms with E-state index in [1.54, 1.807) is 0 Å². The Balaban J connectivity index is 1.45. The van der Waals surface area contributed by atoms with E-state index in [0.29, 0.717) is 42.8 Å². The lowest BCUT2D eigenvalue weighted by Gasteiger charge is -2.38. The molecule has 0 spiro atoms. The first kappa shape index (κ1) is 35.6. The molecule has 4 atom stereocenters. The second-order valence-corrected chi connectivity index (χ2v) is 20.7. The van der Waals surface area contributed by atoms with Gasteiger partial charge in [0.2, 0.25) is 0 Å². The molecule has 3 saturated heterocycles. The van der Waals surface area contributed by atoms with Gasteiger partial charge in [-0.05, 0) is 58.4 Å². The number of rotatable bonds is 11. The third kappa shape index (κ3) is 6.88. The summed E-state index contributed by atoms with van der Waals surface area (Å²) in [4.78, 5) is 22.6. The smallest absolute Gasteiger partial charge is 0.297 e. The summed E-state index contributed by atoms with van der Waals surface area (Å²) in [6.07, 6.45) is 2.02. The van der Waals surface area contributed by atoms with E-state index in [0.717, 1.165) is 25.8 Å². The summed E-state index contributed by atoms with van der Waals surface area (Å²) >= 11 is 9.84. The summed E-state index contributed by atoms with van der Waals surface area (Å²) in [5.41, 5.74) is 3.79. The van der Waals surface area contributed by atoms with Crippen molar-refractivity contribution in [1.82, 2.24) is 20.2 Å². The van der Waals surface area contributed by atoms with Gasteiger partial charge in [0, 0.05) is 25.6 Å². The van der Waals surface area contributed by atoms with E-state index in [1.807, 2.05) is 0 Å². The zero-order chi connectivity index (χ0) is 33.4. The SMILES string of the molecule is CC(C)[Si](C#CC(COc1c(Cl)c(Br)c(F)c2nc(OC[C@@]34CCCN3C[C@H](F)C4)[nH]c(=O)c12)NC1CCOC1)(C(C)C)C(C)C. The Morgan fingerprint density at radius 3 is 2.61 bits per heavy atom. The number of ether oxygens (including phenoxy) is 3. The number of nitrogens with zero attached hydrogens (tertiary/aromatic N) is 2. The van der Waals surface area contributed by atoms with Crippen LogP contribution >= 0.6 is 27.5 Å². The van der Waals surface area contributed by atoms with Crippen molar-refractivity contribution >= 4 is 46.5 Å². The lowest BCUT2D eigenvalue weighted by molar-refractivity contribution is 0.107. The number of nitrogens with one attached hydrogen (secondary N) is 2. The van der Waals surface area contributed by atoms with Crippen LogP contribution in [0.1, 0.15) is 67.2 Å². The third-order valence-electron chi connectivity index (χ3n) is 10.2. The molecule has 2 unspecified atom stereocenters. The van der Waals surface area contributed by atoms with E-state index in [-0.39, 0.29) is 51.4 Å². The molecule has 2 N–H and O–H groups in total. The number of aromatic nitrogens is 2. The fraction of sp³-hybridized carbons (Fsp3) is 0.697. The van der Waals surface area contributed by atoms with Gasteiger partial charge in [0.1, 0.15) is 49.4 Å². The van der Waals surface area contributed by atoms with E-state index in [1.165, 1.54) is 0 Å². The second-order valence-electron chi connectivity index (χ2n) is 14.0. The van der Waals surface area contributed by atoms with Gasteiger partial charge in [-0.3, -0.25) is 20.0 Å². The van der Waals surface area contributed by atoms with Gasteiger partial charge in [0.25, 0.3) is 11.6 Å². The van der Waals surface area contributed by atoms with Crippen molar-refractivity contribution in [3.05, 3.63) is 25.7 Å². The van der Waals surface area contributed by atoms with E-state index < -0.39 is 37.2 Å². The molecule has 13 heteroatoms. The average molecular weight is 744 g/mol. The molecular formula is C33H46BrClF2N4O4Si. The number of H-pyrrole nitrogens is 1. The molecule has 0 aliphatic carbocycles. The van der Waals surface area contributed by atoms with Gasteiger partial charge in [0.05, 0.1) is 16.6 Å². The summed E-state index contributed by atoms with van der Waals surface area (Å²) in [6, 6.07) is -0.418. The molecule has 0 radical (unpaired) electrons. The maximum atomic E-state index is 15.6. The van der Waals surface area contributed by atoms with Crippen molar-refractivity contribution in [3.63, 3.8) is 0 Å². The Hall–Kier alpha value is -1.75. The number of halogens is 4. The van der Waals surface area contributed by atoms with E-state index in [9.17, 15) is 9.18 Å². The molecule has 3 aliphatic heterocycles. The van der Waals surface area contributed by atoms with Crippen LogP contribution in [-0.4, -0.2) is 86.3 Å². The topological polar surface area (TPSA) is 88.7 Å². The van der Waals surface area contributed by atoms with Crippen molar-refractivity contribution in [2.45, 2.75) is 108 Å². The molecule has 5 rings (SSSR count). The Morgan fingerprint density at radius 2 is 1.96 bits per heavy atom. The third-order valence-corrected chi connectivity index (χ3v) is 17.9. The number of hydrogen-bond donors (Lipinski definition) is 2. The average Bonchev–Trinajstić information content (AvgIpc) is 3.71. The molecule has 1 aromatic carbocycles. The predicted molar refractivity (Wildman–Crippen MR) is 184 cm³/mol. The van der Waals surface area contributed by atoms with Crippen molar-refractivity contribution in [3.8, 4) is 23.2 Å². The van der Waals surface area contributed by atoms with Gasteiger partial charge >= 0.3 is 0 Å². The van der Waals surface area contributed by atoms with E-state index in [4.69, 9.17) is 25.8 Å². The zero-order valence-electron chi connectivity index (χ0n) is 27.6. The van der Waals surface area contributed by atoms with Crippen molar-refractivity contribution in [2.75, 3.05) is 39.5 Å². The zero-order valence-corrected chi connectivity index (χ0v) is 30.9. The minimum atomic E-state index is -2.04. The van der Waals surface area contributed by atoms with Crippen molar-refractivity contribution in [1.29, 1.82) is 0 Å². The minimum absolute atomic E-state index is 0.0122. The van der Waals surface area contributed by atoms with Crippen LogP contribution in [0.25, 0.3) is 10.9 Å². The van der Waals surface area contributed by atoms with Gasteiger partial charge in [-0.1, -0.05) is 59.1 Å². The minimum Gasteiger partial charge on any atom is -0.488 e. The normalized spacial score (nSPS) is 24.2. The first-order valence-corrected chi connectivity index (χ1v) is 19.8. The number of aromatic amines is 1. The fourth-order valence-corrected chi connectivity index (χ4v) is 13.9. The first-order valence-electron chi connectivity index (χ1n) is 16.4. The second kappa shape index (κ2) is 14.4.